The molecule has 0 aliphatic carbocycles. The first kappa shape index (κ1) is 22.7. The predicted octanol–water partition coefficient (Wildman–Crippen LogP) is 3.94. The molecule has 1 heterocycles. The van der Waals surface area contributed by atoms with Gasteiger partial charge < -0.3 is 0 Å². The number of alkyl halides is 3. The fourth-order valence-electron chi connectivity index (χ4n) is 2.61. The fraction of sp³-hybridized carbons (Fsp3) is 0.211. The molecule has 0 saturated heterocycles. The number of amides is 1. The number of benzene rings is 2. The lowest BCUT2D eigenvalue weighted by molar-refractivity contribution is -0.137. The van der Waals surface area contributed by atoms with Gasteiger partial charge in [-0.2, -0.15) is 13.2 Å². The molecule has 1 N–H and O–H groups in total. The fourth-order valence-corrected chi connectivity index (χ4v) is 4.23. The highest BCUT2D eigenvalue weighted by molar-refractivity contribution is 7.92. The van der Waals surface area contributed by atoms with Gasteiger partial charge in [-0.05, 0) is 25.1 Å². The Hall–Kier alpha value is -2.99. The van der Waals surface area contributed by atoms with E-state index in [-0.39, 0.29) is 10.8 Å². The molecule has 164 valence electrons. The summed E-state index contributed by atoms with van der Waals surface area (Å²) in [6.45, 7) is 1.22. The Bertz CT molecular complexity index is 1190. The second-order valence-electron chi connectivity index (χ2n) is 6.64. The molecule has 3 aromatic rings. The molecule has 31 heavy (non-hydrogen) atoms. The molecule has 2 aromatic carbocycles. The molecule has 3 rings (SSSR count). The zero-order valence-electron chi connectivity index (χ0n) is 16.3. The van der Waals surface area contributed by atoms with Crippen molar-refractivity contribution in [2.45, 2.75) is 13.1 Å². The summed E-state index contributed by atoms with van der Waals surface area (Å²) in [7, 11) is -4.04. The first-order chi connectivity index (χ1) is 14.4. The third kappa shape index (κ3) is 5.79. The second kappa shape index (κ2) is 8.63. The SMILES string of the molecule is Cc1ccc(-c2nnc(NC(=O)CN(c3cccc(C(F)(F)F)c3)S(C)(=O)=O)s2)cc1. The predicted molar refractivity (Wildman–Crippen MR) is 112 cm³/mol. The van der Waals surface area contributed by atoms with Crippen molar-refractivity contribution in [2.75, 3.05) is 22.4 Å². The molecule has 0 aliphatic heterocycles. The van der Waals surface area contributed by atoms with Crippen LogP contribution in [0.4, 0.5) is 24.0 Å². The highest BCUT2D eigenvalue weighted by atomic mass is 32.2. The summed E-state index contributed by atoms with van der Waals surface area (Å²) in [6, 6.07) is 11.2. The van der Waals surface area contributed by atoms with Gasteiger partial charge in [0.05, 0.1) is 17.5 Å². The summed E-state index contributed by atoms with van der Waals surface area (Å²) in [5, 5.41) is 11.0. The maximum Gasteiger partial charge on any atom is 0.416 e. The van der Waals surface area contributed by atoms with Gasteiger partial charge >= 0.3 is 6.18 Å². The minimum atomic E-state index is -4.65. The minimum absolute atomic E-state index is 0.137. The van der Waals surface area contributed by atoms with Crippen LogP contribution in [-0.4, -0.2) is 37.3 Å². The normalized spacial score (nSPS) is 11.9. The zero-order valence-corrected chi connectivity index (χ0v) is 18.0. The van der Waals surface area contributed by atoms with E-state index in [1.165, 1.54) is 6.07 Å². The Morgan fingerprint density at radius 1 is 1.13 bits per heavy atom. The second-order valence-corrected chi connectivity index (χ2v) is 9.53. The third-order valence-electron chi connectivity index (χ3n) is 4.12. The van der Waals surface area contributed by atoms with Crippen molar-refractivity contribution in [3.05, 3.63) is 59.7 Å². The maximum absolute atomic E-state index is 13.0. The summed E-state index contributed by atoms with van der Waals surface area (Å²) in [6.07, 6.45) is -3.85. The van der Waals surface area contributed by atoms with Crippen molar-refractivity contribution in [1.29, 1.82) is 0 Å². The summed E-state index contributed by atoms with van der Waals surface area (Å²) in [5.74, 6) is -0.769. The van der Waals surface area contributed by atoms with Gasteiger partial charge in [-0.25, -0.2) is 8.42 Å². The van der Waals surface area contributed by atoms with E-state index in [4.69, 9.17) is 0 Å². The molecule has 1 amide bonds. The molecule has 0 spiro atoms. The standard InChI is InChI=1S/C19H17F3N4O3S2/c1-12-6-8-13(9-7-12)17-24-25-18(30-17)23-16(27)11-26(31(2,28)29)15-5-3-4-14(10-15)19(20,21)22/h3-10H,11H2,1-2H3,(H,23,25,27). The Kier molecular flexibility index (Phi) is 6.32. The van der Waals surface area contributed by atoms with Crippen LogP contribution in [0.2, 0.25) is 0 Å². The average molecular weight is 470 g/mol. The number of aromatic nitrogens is 2. The van der Waals surface area contributed by atoms with Crippen LogP contribution in [0.15, 0.2) is 48.5 Å². The van der Waals surface area contributed by atoms with Gasteiger partial charge in [-0.15, -0.1) is 10.2 Å². The van der Waals surface area contributed by atoms with E-state index < -0.39 is 34.2 Å². The lowest BCUT2D eigenvalue weighted by atomic mass is 10.2. The Morgan fingerprint density at radius 2 is 1.81 bits per heavy atom. The molecule has 0 atom stereocenters. The number of nitrogens with one attached hydrogen (secondary N) is 1. The van der Waals surface area contributed by atoms with E-state index in [1.807, 2.05) is 31.2 Å². The largest absolute Gasteiger partial charge is 0.416 e. The molecule has 0 fully saturated rings. The van der Waals surface area contributed by atoms with Gasteiger partial charge in [-0.3, -0.25) is 14.4 Å². The van der Waals surface area contributed by atoms with Gasteiger partial charge in [-0.1, -0.05) is 47.2 Å². The van der Waals surface area contributed by atoms with Crippen LogP contribution in [0, 0.1) is 6.92 Å². The Labute approximate surface area is 180 Å². The van der Waals surface area contributed by atoms with E-state index in [9.17, 15) is 26.4 Å². The van der Waals surface area contributed by atoms with E-state index >= 15 is 0 Å². The van der Waals surface area contributed by atoms with Crippen LogP contribution in [0.3, 0.4) is 0 Å². The summed E-state index contributed by atoms with van der Waals surface area (Å²) in [5.41, 5.74) is 0.568. The molecular formula is C19H17F3N4O3S2. The third-order valence-corrected chi connectivity index (χ3v) is 6.15. The van der Waals surface area contributed by atoms with Gasteiger partial charge in [0.2, 0.25) is 21.1 Å². The van der Waals surface area contributed by atoms with Crippen molar-refractivity contribution in [3.8, 4) is 10.6 Å². The van der Waals surface area contributed by atoms with Crippen LogP contribution < -0.4 is 9.62 Å². The average Bonchev–Trinajstić information content (AvgIpc) is 3.13. The van der Waals surface area contributed by atoms with Crippen LogP contribution >= 0.6 is 11.3 Å². The number of carbonyl (C=O) groups excluding carboxylic acids is 1. The molecular weight excluding hydrogens is 453 g/mol. The lowest BCUT2D eigenvalue weighted by Gasteiger charge is -2.22. The van der Waals surface area contributed by atoms with Gasteiger partial charge in [0.1, 0.15) is 11.6 Å². The van der Waals surface area contributed by atoms with E-state index in [0.29, 0.717) is 15.4 Å². The van der Waals surface area contributed by atoms with E-state index in [1.54, 1.807) is 0 Å². The van der Waals surface area contributed by atoms with Crippen LogP contribution in [0.5, 0.6) is 0 Å². The quantitative estimate of drug-likeness (QED) is 0.589. The Balaban J connectivity index is 1.78. The smallest absolute Gasteiger partial charge is 0.299 e. The van der Waals surface area contributed by atoms with Gasteiger partial charge in [0.25, 0.3) is 0 Å². The van der Waals surface area contributed by atoms with Crippen LogP contribution in [0.25, 0.3) is 10.6 Å². The number of sulfonamides is 1. The number of hydrogen-bond acceptors (Lipinski definition) is 6. The van der Waals surface area contributed by atoms with E-state index in [2.05, 4.69) is 15.5 Å². The highest BCUT2D eigenvalue weighted by Crippen LogP contribution is 2.32. The van der Waals surface area contributed by atoms with Gasteiger partial charge in [0, 0.05) is 5.56 Å². The first-order valence-electron chi connectivity index (χ1n) is 8.79. The molecule has 0 radical (unpaired) electrons. The van der Waals surface area contributed by atoms with Crippen molar-refractivity contribution in [3.63, 3.8) is 0 Å². The summed E-state index contributed by atoms with van der Waals surface area (Å²) < 4.78 is 63.8. The molecule has 0 unspecified atom stereocenters. The lowest BCUT2D eigenvalue weighted by Crippen LogP contribution is -2.37. The topological polar surface area (TPSA) is 92.3 Å². The number of aryl methyl sites for hydroxylation is 1. The number of nitrogens with zero attached hydrogens (tertiary/aromatic N) is 3. The Morgan fingerprint density at radius 3 is 2.42 bits per heavy atom. The highest BCUT2D eigenvalue weighted by Gasteiger charge is 2.32. The van der Waals surface area contributed by atoms with Crippen LogP contribution in [0.1, 0.15) is 11.1 Å². The number of rotatable bonds is 6. The first-order valence-corrected chi connectivity index (χ1v) is 11.5. The number of hydrogen-bond donors (Lipinski definition) is 1. The molecule has 0 aliphatic rings. The maximum atomic E-state index is 13.0. The number of carbonyl (C=O) groups is 1. The van der Waals surface area contributed by atoms with Gasteiger partial charge in [0.15, 0.2) is 0 Å². The van der Waals surface area contributed by atoms with E-state index in [0.717, 1.165) is 40.9 Å². The molecule has 7 nitrogen and oxygen atoms in total. The summed E-state index contributed by atoms with van der Waals surface area (Å²) >= 11 is 1.09. The number of halogens is 3. The monoisotopic (exact) mass is 470 g/mol. The summed E-state index contributed by atoms with van der Waals surface area (Å²) in [4.78, 5) is 12.4. The molecule has 1 aromatic heterocycles. The molecule has 0 bridgehead atoms. The van der Waals surface area contributed by atoms with Crippen molar-refractivity contribution >= 4 is 38.1 Å². The van der Waals surface area contributed by atoms with Crippen molar-refractivity contribution in [2.24, 2.45) is 0 Å². The number of anilines is 2. The zero-order chi connectivity index (χ0) is 22.8. The van der Waals surface area contributed by atoms with Crippen LogP contribution in [-0.2, 0) is 21.0 Å². The van der Waals surface area contributed by atoms with Crippen molar-refractivity contribution in [1.82, 2.24) is 10.2 Å². The van der Waals surface area contributed by atoms with Crippen molar-refractivity contribution < 1.29 is 26.4 Å². The molecule has 12 heteroatoms. The minimum Gasteiger partial charge on any atom is -0.299 e. The molecule has 0 saturated carbocycles.